The van der Waals surface area contributed by atoms with Gasteiger partial charge in [-0.15, -0.1) is 0 Å². The highest BCUT2D eigenvalue weighted by Crippen LogP contribution is 2.24. The molecule has 0 saturated heterocycles. The minimum absolute atomic E-state index is 0.199. The molecule has 0 aliphatic rings. The first-order valence-electron chi connectivity index (χ1n) is 6.04. The summed E-state index contributed by atoms with van der Waals surface area (Å²) in [5.74, 6) is -1.16. The first kappa shape index (κ1) is 14.5. The summed E-state index contributed by atoms with van der Waals surface area (Å²) in [5, 5.41) is 6.97. The highest BCUT2D eigenvalue weighted by Gasteiger charge is 2.21. The molecule has 0 aliphatic heterocycles. The van der Waals surface area contributed by atoms with Crippen molar-refractivity contribution in [2.24, 2.45) is 5.73 Å². The molecule has 1 heterocycles. The minimum Gasteiger partial charge on any atom is -0.368 e. The maximum atomic E-state index is 13.9. The Bertz CT molecular complexity index is 629. The van der Waals surface area contributed by atoms with Gasteiger partial charge in [0.05, 0.1) is 11.9 Å². The molecule has 0 spiro atoms. The number of amides is 1. The third kappa shape index (κ3) is 3.16. The Labute approximate surface area is 124 Å². The van der Waals surface area contributed by atoms with Gasteiger partial charge in [0.25, 0.3) is 0 Å². The fourth-order valence-electron chi connectivity index (χ4n) is 1.82. The lowest BCUT2D eigenvalue weighted by Gasteiger charge is -2.16. The third-order valence-corrected chi connectivity index (χ3v) is 3.32. The topological polar surface area (TPSA) is 72.9 Å². The van der Waals surface area contributed by atoms with E-state index in [0.717, 1.165) is 0 Å². The Hall–Kier alpha value is -1.89. The SMILES string of the molecule is CCn1cc(N[C@H](C(N)=O)c2ccc(Br)cc2F)cn1. The van der Waals surface area contributed by atoms with E-state index in [-0.39, 0.29) is 5.56 Å². The lowest BCUT2D eigenvalue weighted by molar-refractivity contribution is -0.118. The number of anilines is 1. The molecule has 7 heteroatoms. The van der Waals surface area contributed by atoms with Gasteiger partial charge < -0.3 is 11.1 Å². The van der Waals surface area contributed by atoms with Gasteiger partial charge in [0, 0.05) is 22.8 Å². The van der Waals surface area contributed by atoms with Gasteiger partial charge in [-0.3, -0.25) is 9.48 Å². The van der Waals surface area contributed by atoms with Crippen molar-refractivity contribution in [3.8, 4) is 0 Å². The van der Waals surface area contributed by atoms with E-state index in [1.165, 1.54) is 12.1 Å². The number of hydrogen-bond acceptors (Lipinski definition) is 3. The predicted octanol–water partition coefficient (Wildman–Crippen LogP) is 2.44. The number of hydrogen-bond donors (Lipinski definition) is 2. The molecule has 0 aliphatic carbocycles. The molecular formula is C13H14BrFN4O. The summed E-state index contributed by atoms with van der Waals surface area (Å²) in [4.78, 5) is 11.6. The zero-order chi connectivity index (χ0) is 14.7. The van der Waals surface area contributed by atoms with E-state index in [1.54, 1.807) is 23.1 Å². The second kappa shape index (κ2) is 6.04. The van der Waals surface area contributed by atoms with Crippen molar-refractivity contribution in [2.45, 2.75) is 19.5 Å². The fraction of sp³-hybridized carbons (Fsp3) is 0.231. The van der Waals surface area contributed by atoms with Crippen LogP contribution in [0.5, 0.6) is 0 Å². The summed E-state index contributed by atoms with van der Waals surface area (Å²) in [7, 11) is 0. The molecule has 0 fully saturated rings. The first-order chi connectivity index (χ1) is 9.51. The number of nitrogens with two attached hydrogens (primary N) is 1. The molecule has 0 unspecified atom stereocenters. The van der Waals surface area contributed by atoms with Gasteiger partial charge in [0.15, 0.2) is 0 Å². The maximum absolute atomic E-state index is 13.9. The van der Waals surface area contributed by atoms with E-state index in [2.05, 4.69) is 26.3 Å². The molecule has 0 radical (unpaired) electrons. The normalized spacial score (nSPS) is 12.2. The van der Waals surface area contributed by atoms with Crippen LogP contribution in [0.2, 0.25) is 0 Å². The highest BCUT2D eigenvalue weighted by molar-refractivity contribution is 9.10. The van der Waals surface area contributed by atoms with Crippen LogP contribution in [0.15, 0.2) is 35.1 Å². The molecule has 106 valence electrons. The summed E-state index contributed by atoms with van der Waals surface area (Å²) >= 11 is 3.17. The molecule has 1 atom stereocenters. The van der Waals surface area contributed by atoms with Crippen molar-refractivity contribution in [2.75, 3.05) is 5.32 Å². The summed E-state index contributed by atoms with van der Waals surface area (Å²) in [6.07, 6.45) is 3.29. The molecule has 2 rings (SSSR count). The summed E-state index contributed by atoms with van der Waals surface area (Å²) < 4.78 is 16.2. The maximum Gasteiger partial charge on any atom is 0.244 e. The predicted molar refractivity (Wildman–Crippen MR) is 77.6 cm³/mol. The van der Waals surface area contributed by atoms with E-state index in [4.69, 9.17) is 5.73 Å². The third-order valence-electron chi connectivity index (χ3n) is 2.83. The second-order valence-corrected chi connectivity index (χ2v) is 5.15. The van der Waals surface area contributed by atoms with Gasteiger partial charge in [-0.2, -0.15) is 5.10 Å². The van der Waals surface area contributed by atoms with Gasteiger partial charge >= 0.3 is 0 Å². The Balaban J connectivity index is 2.29. The Kier molecular flexibility index (Phi) is 4.39. The molecular weight excluding hydrogens is 327 g/mol. The first-order valence-corrected chi connectivity index (χ1v) is 6.83. The smallest absolute Gasteiger partial charge is 0.244 e. The van der Waals surface area contributed by atoms with E-state index in [9.17, 15) is 9.18 Å². The monoisotopic (exact) mass is 340 g/mol. The van der Waals surface area contributed by atoms with Crippen LogP contribution in [-0.4, -0.2) is 15.7 Å². The van der Waals surface area contributed by atoms with Crippen molar-refractivity contribution < 1.29 is 9.18 Å². The van der Waals surface area contributed by atoms with Crippen LogP contribution >= 0.6 is 15.9 Å². The zero-order valence-electron chi connectivity index (χ0n) is 10.8. The summed E-state index contributed by atoms with van der Waals surface area (Å²) in [6, 6.07) is 3.53. The minimum atomic E-state index is -0.947. The highest BCUT2D eigenvalue weighted by atomic mass is 79.9. The Morgan fingerprint density at radius 1 is 1.60 bits per heavy atom. The molecule has 3 N–H and O–H groups in total. The van der Waals surface area contributed by atoms with Crippen LogP contribution in [0, 0.1) is 5.82 Å². The van der Waals surface area contributed by atoms with Crippen LogP contribution in [0.1, 0.15) is 18.5 Å². The number of carbonyl (C=O) groups is 1. The van der Waals surface area contributed by atoms with E-state index in [0.29, 0.717) is 16.7 Å². The second-order valence-electron chi connectivity index (χ2n) is 4.23. The molecule has 0 saturated carbocycles. The fourth-order valence-corrected chi connectivity index (χ4v) is 2.15. The number of carbonyl (C=O) groups excluding carboxylic acids is 1. The van der Waals surface area contributed by atoms with E-state index >= 15 is 0 Å². The average molecular weight is 341 g/mol. The molecule has 1 aromatic heterocycles. The van der Waals surface area contributed by atoms with Crippen molar-refractivity contribution in [1.29, 1.82) is 0 Å². The van der Waals surface area contributed by atoms with Crippen molar-refractivity contribution >= 4 is 27.5 Å². The van der Waals surface area contributed by atoms with Gasteiger partial charge in [-0.1, -0.05) is 22.0 Å². The van der Waals surface area contributed by atoms with Crippen molar-refractivity contribution in [1.82, 2.24) is 9.78 Å². The average Bonchev–Trinajstić information content (AvgIpc) is 2.84. The number of aryl methyl sites for hydroxylation is 1. The van der Waals surface area contributed by atoms with Crippen LogP contribution in [0.4, 0.5) is 10.1 Å². The molecule has 5 nitrogen and oxygen atoms in total. The largest absolute Gasteiger partial charge is 0.368 e. The summed E-state index contributed by atoms with van der Waals surface area (Å²) in [5.41, 5.74) is 6.16. The lowest BCUT2D eigenvalue weighted by Crippen LogP contribution is -2.28. The number of primary amides is 1. The Morgan fingerprint density at radius 2 is 2.35 bits per heavy atom. The van der Waals surface area contributed by atoms with E-state index in [1.807, 2.05) is 6.92 Å². The molecule has 1 amide bonds. The van der Waals surface area contributed by atoms with Crippen LogP contribution < -0.4 is 11.1 Å². The molecule has 1 aromatic carbocycles. The van der Waals surface area contributed by atoms with Crippen molar-refractivity contribution in [3.63, 3.8) is 0 Å². The number of benzene rings is 1. The molecule has 2 aromatic rings. The van der Waals surface area contributed by atoms with Crippen LogP contribution in [-0.2, 0) is 11.3 Å². The number of rotatable bonds is 5. The zero-order valence-corrected chi connectivity index (χ0v) is 12.4. The number of nitrogens with zero attached hydrogens (tertiary/aromatic N) is 2. The number of aromatic nitrogens is 2. The summed E-state index contributed by atoms with van der Waals surface area (Å²) in [6.45, 7) is 2.65. The van der Waals surface area contributed by atoms with Gasteiger partial charge in [0.1, 0.15) is 11.9 Å². The standard InChI is InChI=1S/C13H14BrFN4O/c1-2-19-7-9(6-17-19)18-12(13(16)20)10-4-3-8(14)5-11(10)15/h3-7,12,18H,2H2,1H3,(H2,16,20)/t12-/m0/s1. The van der Waals surface area contributed by atoms with Gasteiger partial charge in [0.2, 0.25) is 5.91 Å². The number of halogens is 2. The molecule has 0 bridgehead atoms. The van der Waals surface area contributed by atoms with Crippen LogP contribution in [0.25, 0.3) is 0 Å². The van der Waals surface area contributed by atoms with Gasteiger partial charge in [-0.25, -0.2) is 4.39 Å². The quantitative estimate of drug-likeness (QED) is 0.877. The van der Waals surface area contributed by atoms with Crippen LogP contribution in [0.3, 0.4) is 0 Å². The molecule has 20 heavy (non-hydrogen) atoms. The van der Waals surface area contributed by atoms with Gasteiger partial charge in [-0.05, 0) is 19.1 Å². The Morgan fingerprint density at radius 3 is 2.90 bits per heavy atom. The van der Waals surface area contributed by atoms with Crippen molar-refractivity contribution in [3.05, 3.63) is 46.4 Å². The van der Waals surface area contributed by atoms with E-state index < -0.39 is 17.8 Å². The number of nitrogens with one attached hydrogen (secondary N) is 1. The lowest BCUT2D eigenvalue weighted by atomic mass is 10.1.